The third-order valence-electron chi connectivity index (χ3n) is 5.33. The van der Waals surface area contributed by atoms with Crippen molar-refractivity contribution in [3.63, 3.8) is 0 Å². The van der Waals surface area contributed by atoms with Gasteiger partial charge in [0.2, 0.25) is 5.91 Å². The highest BCUT2D eigenvalue weighted by atomic mass is 127. The van der Waals surface area contributed by atoms with Crippen molar-refractivity contribution in [3.05, 3.63) is 58.9 Å². The summed E-state index contributed by atoms with van der Waals surface area (Å²) in [5, 5.41) is 6.21. The Kier molecular flexibility index (Phi) is 10.7. The number of nitrogens with one attached hydrogen (secondary N) is 2. The van der Waals surface area contributed by atoms with Gasteiger partial charge in [-0.3, -0.25) is 9.79 Å². The maximum absolute atomic E-state index is 13.0. The van der Waals surface area contributed by atoms with Crippen LogP contribution < -0.4 is 20.1 Å². The van der Waals surface area contributed by atoms with Crippen molar-refractivity contribution in [1.82, 2.24) is 15.5 Å². The zero-order valence-corrected chi connectivity index (χ0v) is 21.6. The largest absolute Gasteiger partial charge is 0.493 e. The second-order valence-corrected chi connectivity index (χ2v) is 7.54. The number of guanidine groups is 1. The van der Waals surface area contributed by atoms with E-state index in [0.29, 0.717) is 13.1 Å². The number of fused-ring (bicyclic) bond motifs is 1. The van der Waals surface area contributed by atoms with Crippen molar-refractivity contribution >= 4 is 35.8 Å². The van der Waals surface area contributed by atoms with E-state index >= 15 is 0 Å². The van der Waals surface area contributed by atoms with Crippen molar-refractivity contribution in [2.24, 2.45) is 4.99 Å². The van der Waals surface area contributed by atoms with Gasteiger partial charge in [-0.25, -0.2) is 4.39 Å². The minimum absolute atomic E-state index is 0. The van der Waals surface area contributed by atoms with Crippen LogP contribution in [0.3, 0.4) is 0 Å². The summed E-state index contributed by atoms with van der Waals surface area (Å²) in [6.07, 6.45) is 1.10. The molecule has 0 unspecified atom stereocenters. The molecule has 9 heteroatoms. The Balaban J connectivity index is 0.00000385. The van der Waals surface area contributed by atoms with Crippen molar-refractivity contribution < 1.29 is 18.7 Å². The summed E-state index contributed by atoms with van der Waals surface area (Å²) in [4.78, 5) is 19.0. The van der Waals surface area contributed by atoms with Crippen LogP contribution in [0, 0.1) is 5.82 Å². The molecule has 33 heavy (non-hydrogen) atoms. The SMILES string of the molecule is CCNC(=NCCNC(=O)Cc1ccc(F)cc1)N1CCc2cc(OC)c(OC)cc2C1.I. The van der Waals surface area contributed by atoms with Crippen LogP contribution in [-0.4, -0.2) is 57.2 Å². The number of hydrogen-bond donors (Lipinski definition) is 2. The Morgan fingerprint density at radius 1 is 1.09 bits per heavy atom. The first-order valence-corrected chi connectivity index (χ1v) is 10.8. The van der Waals surface area contributed by atoms with E-state index in [1.54, 1.807) is 26.4 Å². The third-order valence-corrected chi connectivity index (χ3v) is 5.33. The van der Waals surface area contributed by atoms with Crippen molar-refractivity contribution in [1.29, 1.82) is 0 Å². The zero-order valence-electron chi connectivity index (χ0n) is 19.3. The first-order chi connectivity index (χ1) is 15.5. The number of amides is 1. The maximum atomic E-state index is 13.0. The molecule has 0 atom stereocenters. The molecule has 0 radical (unpaired) electrons. The molecule has 1 aliphatic rings. The second kappa shape index (κ2) is 13.2. The summed E-state index contributed by atoms with van der Waals surface area (Å²) in [5.41, 5.74) is 3.22. The number of methoxy groups -OCH3 is 2. The molecular weight excluding hydrogens is 538 g/mol. The van der Waals surface area contributed by atoms with Gasteiger partial charge in [-0.2, -0.15) is 0 Å². The van der Waals surface area contributed by atoms with Crippen LogP contribution in [0.2, 0.25) is 0 Å². The van der Waals surface area contributed by atoms with Crippen LogP contribution in [0.5, 0.6) is 11.5 Å². The van der Waals surface area contributed by atoms with Crippen LogP contribution in [0.15, 0.2) is 41.4 Å². The summed E-state index contributed by atoms with van der Waals surface area (Å²) >= 11 is 0. The molecule has 1 amide bonds. The molecular formula is C24H32FIN4O3. The van der Waals surface area contributed by atoms with Crippen LogP contribution in [0.1, 0.15) is 23.6 Å². The molecule has 0 bridgehead atoms. The molecule has 0 spiro atoms. The lowest BCUT2D eigenvalue weighted by molar-refractivity contribution is -0.120. The summed E-state index contributed by atoms with van der Waals surface area (Å²) < 4.78 is 23.8. The molecule has 0 saturated heterocycles. The fraction of sp³-hybridized carbons (Fsp3) is 0.417. The number of aliphatic imine (C=N–C) groups is 1. The average molecular weight is 570 g/mol. The number of carbonyl (C=O) groups is 1. The van der Waals surface area contributed by atoms with E-state index < -0.39 is 0 Å². The predicted octanol–water partition coefficient (Wildman–Crippen LogP) is 3.14. The summed E-state index contributed by atoms with van der Waals surface area (Å²) in [6, 6.07) is 10.0. The molecule has 2 N–H and O–H groups in total. The first kappa shape index (κ1) is 26.7. The fourth-order valence-electron chi connectivity index (χ4n) is 3.70. The molecule has 0 saturated carbocycles. The van der Waals surface area contributed by atoms with Gasteiger partial charge in [0.15, 0.2) is 17.5 Å². The Bertz CT molecular complexity index is 953. The molecule has 180 valence electrons. The molecule has 1 aliphatic heterocycles. The number of hydrogen-bond acceptors (Lipinski definition) is 4. The molecule has 2 aromatic rings. The highest BCUT2D eigenvalue weighted by Crippen LogP contribution is 2.33. The molecule has 0 aliphatic carbocycles. The highest BCUT2D eigenvalue weighted by Gasteiger charge is 2.21. The van der Waals surface area contributed by atoms with Crippen LogP contribution >= 0.6 is 24.0 Å². The van der Waals surface area contributed by atoms with Gasteiger partial charge in [-0.15, -0.1) is 24.0 Å². The zero-order chi connectivity index (χ0) is 22.9. The summed E-state index contributed by atoms with van der Waals surface area (Å²) in [6.45, 7) is 5.25. The van der Waals surface area contributed by atoms with Gasteiger partial charge >= 0.3 is 0 Å². The first-order valence-electron chi connectivity index (χ1n) is 10.8. The lowest BCUT2D eigenvalue weighted by Crippen LogP contribution is -2.44. The van der Waals surface area contributed by atoms with E-state index in [4.69, 9.17) is 9.47 Å². The van der Waals surface area contributed by atoms with Gasteiger partial charge in [0.05, 0.1) is 27.2 Å². The highest BCUT2D eigenvalue weighted by molar-refractivity contribution is 14.0. The average Bonchev–Trinajstić information content (AvgIpc) is 2.81. The monoisotopic (exact) mass is 570 g/mol. The van der Waals surface area contributed by atoms with E-state index in [1.165, 1.54) is 23.3 Å². The van der Waals surface area contributed by atoms with E-state index in [9.17, 15) is 9.18 Å². The van der Waals surface area contributed by atoms with Crippen LogP contribution in [-0.2, 0) is 24.2 Å². The smallest absolute Gasteiger partial charge is 0.224 e. The molecule has 0 fully saturated rings. The van der Waals surface area contributed by atoms with Gasteiger partial charge in [-0.05, 0) is 54.3 Å². The molecule has 3 rings (SSSR count). The van der Waals surface area contributed by atoms with Gasteiger partial charge in [0.25, 0.3) is 0 Å². The predicted molar refractivity (Wildman–Crippen MR) is 138 cm³/mol. The Hall–Kier alpha value is -2.56. The van der Waals surface area contributed by atoms with Crippen LogP contribution in [0.4, 0.5) is 4.39 Å². The quantitative estimate of drug-likeness (QED) is 0.221. The lowest BCUT2D eigenvalue weighted by atomic mass is 9.99. The minimum atomic E-state index is -0.308. The summed E-state index contributed by atoms with van der Waals surface area (Å²) in [7, 11) is 3.29. The normalized spacial score (nSPS) is 13.0. The molecule has 7 nitrogen and oxygen atoms in total. The van der Waals surface area contributed by atoms with E-state index in [2.05, 4.69) is 20.5 Å². The lowest BCUT2D eigenvalue weighted by Gasteiger charge is -2.32. The maximum Gasteiger partial charge on any atom is 0.224 e. The Morgan fingerprint density at radius 3 is 2.39 bits per heavy atom. The molecule has 2 aromatic carbocycles. The fourth-order valence-corrected chi connectivity index (χ4v) is 3.70. The van der Waals surface area contributed by atoms with E-state index in [-0.39, 0.29) is 42.1 Å². The van der Waals surface area contributed by atoms with E-state index in [1.807, 2.05) is 19.1 Å². The summed E-state index contributed by atoms with van der Waals surface area (Å²) in [5.74, 6) is 1.87. The number of nitrogens with zero attached hydrogens (tertiary/aromatic N) is 2. The topological polar surface area (TPSA) is 75.2 Å². The number of ether oxygens (including phenoxy) is 2. The Morgan fingerprint density at radius 2 is 1.76 bits per heavy atom. The standard InChI is InChI=1S/C24H31FN4O3.HI/c1-4-26-24(28-11-10-27-23(30)13-17-5-7-20(25)8-6-17)29-12-9-18-14-21(31-2)22(32-3)15-19(18)16-29;/h5-8,14-15H,4,9-13,16H2,1-3H3,(H,26,28)(H,27,30);1H. The molecule has 1 heterocycles. The van der Waals surface area contributed by atoms with Crippen molar-refractivity contribution in [3.8, 4) is 11.5 Å². The number of carbonyl (C=O) groups excluding carboxylic acids is 1. The number of benzene rings is 2. The number of rotatable bonds is 8. The third kappa shape index (κ3) is 7.48. The number of halogens is 2. The van der Waals surface area contributed by atoms with Crippen molar-refractivity contribution in [2.75, 3.05) is 40.4 Å². The van der Waals surface area contributed by atoms with E-state index in [0.717, 1.165) is 49.1 Å². The molecule has 0 aromatic heterocycles. The van der Waals surface area contributed by atoms with Gasteiger partial charge in [0.1, 0.15) is 5.82 Å². The minimum Gasteiger partial charge on any atom is -0.493 e. The van der Waals surface area contributed by atoms with Gasteiger partial charge < -0.3 is 25.0 Å². The van der Waals surface area contributed by atoms with Gasteiger partial charge in [0, 0.05) is 26.2 Å². The van der Waals surface area contributed by atoms with Crippen LogP contribution in [0.25, 0.3) is 0 Å². The van der Waals surface area contributed by atoms with Gasteiger partial charge in [-0.1, -0.05) is 12.1 Å². The second-order valence-electron chi connectivity index (χ2n) is 7.54. The van der Waals surface area contributed by atoms with Crippen molar-refractivity contribution in [2.45, 2.75) is 26.3 Å². The Labute approximate surface area is 211 Å².